The number of carbonyl (C=O) groups is 5. The summed E-state index contributed by atoms with van der Waals surface area (Å²) in [7, 11) is 4.28. The Labute approximate surface area is 292 Å². The maximum atomic E-state index is 14.7. The number of hydrogen-bond donors (Lipinski definition) is 2. The number of likely N-dealkylation sites (N-methyl/N-ethyl adjacent to an activating group) is 1. The van der Waals surface area contributed by atoms with Gasteiger partial charge in [0.1, 0.15) is 23.4 Å². The zero-order valence-electron chi connectivity index (χ0n) is 29.8. The summed E-state index contributed by atoms with van der Waals surface area (Å²) in [5.74, 6) is -1.28. The molecule has 0 aliphatic carbocycles. The number of nitrogens with zero attached hydrogens (tertiary/aromatic N) is 3. The molecule has 2 atom stereocenters. The van der Waals surface area contributed by atoms with Gasteiger partial charge in [-0.1, -0.05) is 24.3 Å². The number of ether oxygens (including phenoxy) is 3. The van der Waals surface area contributed by atoms with Crippen LogP contribution in [0.2, 0.25) is 0 Å². The molecular weight excluding hydrogens is 642 g/mol. The molecule has 4 amide bonds. The van der Waals surface area contributed by atoms with E-state index in [4.69, 9.17) is 19.9 Å². The van der Waals surface area contributed by atoms with Crippen molar-refractivity contribution in [1.29, 1.82) is 0 Å². The number of para-hydroxylation sites is 2. The van der Waals surface area contributed by atoms with E-state index in [1.54, 1.807) is 69.3 Å². The van der Waals surface area contributed by atoms with E-state index < -0.39 is 41.6 Å². The molecule has 50 heavy (non-hydrogen) atoms. The summed E-state index contributed by atoms with van der Waals surface area (Å²) in [4.78, 5) is 71.4. The van der Waals surface area contributed by atoms with Crippen LogP contribution in [0.5, 0.6) is 5.75 Å². The molecule has 3 N–H and O–H groups in total. The van der Waals surface area contributed by atoms with Crippen molar-refractivity contribution in [2.24, 2.45) is 5.73 Å². The topological polar surface area (TPSA) is 161 Å². The van der Waals surface area contributed by atoms with E-state index in [2.05, 4.69) is 5.32 Å². The van der Waals surface area contributed by atoms with Crippen molar-refractivity contribution in [3.8, 4) is 5.75 Å². The standard InChI is InChI=1S/C37H47N5O8/c1-23(40(5)36(47)50-37(2,3)4)33(44)39-28-22-41(32(43)14-10-11-19-38)29-12-8-9-13-30(29)42(34(28)45)21-27-26-17-15-25(35(46)49-7)20-24(26)16-18-31(27)48-6/h8-9,12-13,15-18,20,23,28H,10-11,14,19,21-22,38H2,1-7H3,(H,39,44). The summed E-state index contributed by atoms with van der Waals surface area (Å²) in [5, 5.41) is 4.28. The Balaban J connectivity index is 1.79. The second kappa shape index (κ2) is 16.0. The number of benzene rings is 3. The van der Waals surface area contributed by atoms with Crippen LogP contribution in [-0.2, 0) is 30.4 Å². The number of nitrogens with two attached hydrogens (primary N) is 1. The average molecular weight is 690 g/mol. The molecule has 268 valence electrons. The molecule has 0 radical (unpaired) electrons. The largest absolute Gasteiger partial charge is 0.496 e. The van der Waals surface area contributed by atoms with Crippen molar-refractivity contribution >= 4 is 51.9 Å². The van der Waals surface area contributed by atoms with Crippen LogP contribution >= 0.6 is 0 Å². The van der Waals surface area contributed by atoms with Gasteiger partial charge in [0.2, 0.25) is 11.8 Å². The zero-order valence-corrected chi connectivity index (χ0v) is 29.8. The molecule has 1 heterocycles. The molecule has 3 aromatic rings. The smallest absolute Gasteiger partial charge is 0.410 e. The first-order chi connectivity index (χ1) is 23.7. The maximum absolute atomic E-state index is 14.7. The Hall–Kier alpha value is -5.17. The van der Waals surface area contributed by atoms with Crippen LogP contribution < -0.4 is 25.6 Å². The third kappa shape index (κ3) is 8.51. The number of hydrogen-bond acceptors (Lipinski definition) is 9. The molecule has 2 unspecified atom stereocenters. The van der Waals surface area contributed by atoms with Gasteiger partial charge in [-0.3, -0.25) is 19.3 Å². The van der Waals surface area contributed by atoms with Crippen molar-refractivity contribution in [3.63, 3.8) is 0 Å². The Morgan fingerprint density at radius 2 is 1.72 bits per heavy atom. The zero-order chi connectivity index (χ0) is 36.7. The highest BCUT2D eigenvalue weighted by atomic mass is 16.6. The summed E-state index contributed by atoms with van der Waals surface area (Å²) in [6.45, 7) is 7.00. The van der Waals surface area contributed by atoms with Gasteiger partial charge in [0.05, 0.1) is 44.2 Å². The predicted molar refractivity (Wildman–Crippen MR) is 190 cm³/mol. The molecule has 1 aliphatic rings. The highest BCUT2D eigenvalue weighted by molar-refractivity contribution is 6.09. The lowest BCUT2D eigenvalue weighted by Crippen LogP contribution is -2.57. The SMILES string of the molecule is COC(=O)c1ccc2c(CN3C(=O)C(NC(=O)C(C)N(C)C(=O)OC(C)(C)C)CN(C(=O)CCCCN)c4ccccc43)c(OC)ccc2c1. The number of esters is 1. The highest BCUT2D eigenvalue weighted by Gasteiger charge is 2.38. The lowest BCUT2D eigenvalue weighted by molar-refractivity contribution is -0.130. The van der Waals surface area contributed by atoms with Crippen LogP contribution in [0.15, 0.2) is 54.6 Å². The first kappa shape index (κ1) is 37.6. The fourth-order valence-electron chi connectivity index (χ4n) is 5.74. The number of nitrogens with one attached hydrogen (secondary N) is 1. The van der Waals surface area contributed by atoms with Crippen molar-refractivity contribution < 1.29 is 38.2 Å². The van der Waals surface area contributed by atoms with E-state index in [0.29, 0.717) is 47.6 Å². The molecule has 0 aromatic heterocycles. The third-order valence-corrected chi connectivity index (χ3v) is 8.54. The number of anilines is 2. The number of unbranched alkanes of at least 4 members (excludes halogenated alkanes) is 1. The van der Waals surface area contributed by atoms with Crippen LogP contribution in [0, 0.1) is 0 Å². The van der Waals surface area contributed by atoms with E-state index in [1.807, 2.05) is 6.07 Å². The van der Waals surface area contributed by atoms with Crippen molar-refractivity contribution in [2.45, 2.75) is 71.2 Å². The van der Waals surface area contributed by atoms with Crippen LogP contribution in [0.1, 0.15) is 62.9 Å². The lowest BCUT2D eigenvalue weighted by Gasteiger charge is -2.30. The van der Waals surface area contributed by atoms with E-state index in [-0.39, 0.29) is 25.4 Å². The lowest BCUT2D eigenvalue weighted by atomic mass is 10.00. The molecule has 0 fully saturated rings. The van der Waals surface area contributed by atoms with Gasteiger partial charge in [0, 0.05) is 19.0 Å². The number of fused-ring (bicyclic) bond motifs is 2. The fraction of sp³-hybridized carbons (Fsp3) is 0.432. The van der Waals surface area contributed by atoms with E-state index in [1.165, 1.54) is 38.0 Å². The van der Waals surface area contributed by atoms with Crippen LogP contribution in [0.25, 0.3) is 10.8 Å². The first-order valence-corrected chi connectivity index (χ1v) is 16.6. The molecule has 13 heteroatoms. The van der Waals surface area contributed by atoms with Gasteiger partial charge in [0.15, 0.2) is 0 Å². The van der Waals surface area contributed by atoms with E-state index in [9.17, 15) is 24.0 Å². The molecule has 0 bridgehead atoms. The molecule has 0 spiro atoms. The molecule has 13 nitrogen and oxygen atoms in total. The summed E-state index contributed by atoms with van der Waals surface area (Å²) in [6, 6.07) is 13.6. The Morgan fingerprint density at radius 3 is 2.36 bits per heavy atom. The van der Waals surface area contributed by atoms with Crippen molar-refractivity contribution in [3.05, 3.63) is 65.7 Å². The summed E-state index contributed by atoms with van der Waals surface area (Å²) in [5.41, 5.74) is 6.89. The van der Waals surface area contributed by atoms with Crippen molar-refractivity contribution in [1.82, 2.24) is 10.2 Å². The fourth-order valence-corrected chi connectivity index (χ4v) is 5.74. The minimum absolute atomic E-state index is 0.00285. The Kier molecular flexibility index (Phi) is 12.1. The van der Waals surface area contributed by atoms with Gasteiger partial charge < -0.3 is 35.1 Å². The minimum Gasteiger partial charge on any atom is -0.496 e. The minimum atomic E-state index is -1.19. The summed E-state index contributed by atoms with van der Waals surface area (Å²) >= 11 is 0. The van der Waals surface area contributed by atoms with Crippen molar-refractivity contribution in [2.75, 3.05) is 44.2 Å². The first-order valence-electron chi connectivity index (χ1n) is 16.6. The highest BCUT2D eigenvalue weighted by Crippen LogP contribution is 2.37. The van der Waals surface area contributed by atoms with Gasteiger partial charge in [0.25, 0.3) is 5.91 Å². The monoisotopic (exact) mass is 689 g/mol. The predicted octanol–water partition coefficient (Wildman–Crippen LogP) is 4.38. The Morgan fingerprint density at radius 1 is 1.02 bits per heavy atom. The van der Waals surface area contributed by atoms with Crippen LogP contribution in [-0.4, -0.2) is 86.7 Å². The molecule has 0 saturated heterocycles. The molecule has 3 aromatic carbocycles. The number of methoxy groups -OCH3 is 2. The van der Waals surface area contributed by atoms with Crippen LogP contribution in [0.3, 0.4) is 0 Å². The number of carbonyl (C=O) groups excluding carboxylic acids is 5. The van der Waals surface area contributed by atoms with Gasteiger partial charge in [-0.2, -0.15) is 0 Å². The molecular formula is C37H47N5O8. The van der Waals surface area contributed by atoms with Gasteiger partial charge in [-0.25, -0.2) is 9.59 Å². The van der Waals surface area contributed by atoms with Gasteiger partial charge in [-0.05, 0) is 88.2 Å². The van der Waals surface area contributed by atoms with E-state index in [0.717, 1.165) is 15.7 Å². The number of amides is 4. The summed E-state index contributed by atoms with van der Waals surface area (Å²) < 4.78 is 16.1. The Bertz CT molecular complexity index is 1750. The second-order valence-electron chi connectivity index (χ2n) is 13.2. The number of rotatable bonds is 11. The summed E-state index contributed by atoms with van der Waals surface area (Å²) in [6.07, 6.45) is 0.704. The quantitative estimate of drug-likeness (QED) is 0.220. The van der Waals surface area contributed by atoms with Gasteiger partial charge >= 0.3 is 12.1 Å². The molecule has 1 aliphatic heterocycles. The normalized spacial score (nSPS) is 15.1. The molecule has 4 rings (SSSR count). The van der Waals surface area contributed by atoms with Crippen LogP contribution in [0.4, 0.5) is 16.2 Å². The molecule has 0 saturated carbocycles. The maximum Gasteiger partial charge on any atom is 0.410 e. The average Bonchev–Trinajstić information content (AvgIpc) is 3.20. The van der Waals surface area contributed by atoms with Gasteiger partial charge in [-0.15, -0.1) is 0 Å². The third-order valence-electron chi connectivity index (χ3n) is 8.54. The second-order valence-corrected chi connectivity index (χ2v) is 13.2. The van der Waals surface area contributed by atoms with E-state index >= 15 is 0 Å².